The van der Waals surface area contributed by atoms with E-state index in [1.807, 2.05) is 4.57 Å². The summed E-state index contributed by atoms with van der Waals surface area (Å²) in [6.07, 6.45) is 5.06. The van der Waals surface area contributed by atoms with Gasteiger partial charge in [-0.25, -0.2) is 18.7 Å². The predicted molar refractivity (Wildman–Crippen MR) is 123 cm³/mol. The van der Waals surface area contributed by atoms with Gasteiger partial charge in [0.05, 0.1) is 18.3 Å². The van der Waals surface area contributed by atoms with Crippen molar-refractivity contribution in [3.05, 3.63) is 36.0 Å². The number of para-hydroxylation sites is 1. The Morgan fingerprint density at radius 1 is 1.12 bits per heavy atom. The van der Waals surface area contributed by atoms with E-state index in [9.17, 15) is 18.7 Å². The maximum atomic E-state index is 14.4. The van der Waals surface area contributed by atoms with E-state index in [2.05, 4.69) is 20.6 Å². The van der Waals surface area contributed by atoms with Crippen molar-refractivity contribution < 1.29 is 18.7 Å². The monoisotopic (exact) mass is 471 g/mol. The largest absolute Gasteiger partial charge is 0.393 e. The number of aromatic nitrogens is 4. The van der Waals surface area contributed by atoms with Gasteiger partial charge in [-0.1, -0.05) is 6.07 Å². The van der Waals surface area contributed by atoms with Gasteiger partial charge in [-0.3, -0.25) is 9.36 Å². The van der Waals surface area contributed by atoms with Gasteiger partial charge < -0.3 is 20.6 Å². The number of carbonyl (C=O) groups is 1. The van der Waals surface area contributed by atoms with Crippen LogP contribution in [0.2, 0.25) is 0 Å². The van der Waals surface area contributed by atoms with Crippen LogP contribution in [0.15, 0.2) is 24.4 Å². The summed E-state index contributed by atoms with van der Waals surface area (Å²) < 4.78 is 30.6. The van der Waals surface area contributed by atoms with Gasteiger partial charge >= 0.3 is 0 Å². The highest BCUT2D eigenvalue weighted by molar-refractivity contribution is 5.77. The third-order valence-corrected chi connectivity index (χ3v) is 6.64. The Kier molecular flexibility index (Phi) is 6.03. The number of likely N-dealkylation sites (tertiary alicyclic amines) is 1. The molecule has 0 bridgehead atoms. The number of nitrogens with zero attached hydrogens (tertiary/aromatic N) is 5. The molecule has 1 aliphatic heterocycles. The van der Waals surface area contributed by atoms with Gasteiger partial charge in [0, 0.05) is 26.1 Å². The molecular formula is C23H27F2N7O2. The Labute approximate surface area is 195 Å². The Morgan fingerprint density at radius 3 is 2.53 bits per heavy atom. The minimum Gasteiger partial charge on any atom is -0.393 e. The first-order chi connectivity index (χ1) is 16.4. The third kappa shape index (κ3) is 4.39. The molecule has 9 nitrogen and oxygen atoms in total. The number of nitrogens with one attached hydrogen (secondary N) is 2. The van der Waals surface area contributed by atoms with Crippen molar-refractivity contribution >= 4 is 34.7 Å². The smallest absolute Gasteiger partial charge is 0.224 e. The zero-order valence-corrected chi connectivity index (χ0v) is 18.8. The van der Waals surface area contributed by atoms with Gasteiger partial charge in [0.1, 0.15) is 22.8 Å². The molecule has 0 spiro atoms. The first kappa shape index (κ1) is 22.5. The molecule has 2 fully saturated rings. The Balaban J connectivity index is 1.52. The fourth-order valence-corrected chi connectivity index (χ4v) is 4.76. The number of rotatable bonds is 5. The number of anilines is 3. The molecule has 2 aromatic heterocycles. The summed E-state index contributed by atoms with van der Waals surface area (Å²) in [6, 6.07) is 3.64. The Bertz CT molecular complexity index is 1190. The number of carbonyl (C=O) groups excluding carboxylic acids is 1. The molecule has 1 aromatic carbocycles. The van der Waals surface area contributed by atoms with Crippen LogP contribution in [0.5, 0.6) is 0 Å². The topological polar surface area (TPSA) is 108 Å². The number of imidazole rings is 1. The molecule has 1 amide bonds. The maximum Gasteiger partial charge on any atom is 0.224 e. The summed E-state index contributed by atoms with van der Waals surface area (Å²) in [4.78, 5) is 27.3. The molecule has 11 heteroatoms. The van der Waals surface area contributed by atoms with E-state index in [-0.39, 0.29) is 35.7 Å². The van der Waals surface area contributed by atoms with Crippen molar-refractivity contribution in [3.8, 4) is 0 Å². The molecule has 1 aliphatic carbocycles. The second-order valence-corrected chi connectivity index (χ2v) is 8.99. The second kappa shape index (κ2) is 9.13. The molecule has 2 aliphatic rings. The zero-order valence-electron chi connectivity index (χ0n) is 18.8. The molecular weight excluding hydrogens is 444 g/mol. The predicted octanol–water partition coefficient (Wildman–Crippen LogP) is 3.36. The van der Waals surface area contributed by atoms with Crippen LogP contribution in [0.4, 0.5) is 26.4 Å². The quantitative estimate of drug-likeness (QED) is 0.524. The average Bonchev–Trinajstić information content (AvgIpc) is 3.42. The summed E-state index contributed by atoms with van der Waals surface area (Å²) >= 11 is 0. The van der Waals surface area contributed by atoms with Gasteiger partial charge in [0.2, 0.25) is 17.8 Å². The van der Waals surface area contributed by atoms with E-state index < -0.39 is 11.6 Å². The molecule has 1 unspecified atom stereocenters. The van der Waals surface area contributed by atoms with Crippen LogP contribution >= 0.6 is 0 Å². The van der Waals surface area contributed by atoms with E-state index in [0.29, 0.717) is 36.6 Å². The normalized spacial score (nSPS) is 22.8. The summed E-state index contributed by atoms with van der Waals surface area (Å²) in [5.74, 6) is -0.827. The SMILES string of the molecule is CC(=O)N1CCC(n2c(Nc3c(F)cccc3F)nc3cnc(N[C@H]4CC[C@H](O)CC4)nc32)C1. The molecule has 3 heterocycles. The van der Waals surface area contributed by atoms with E-state index in [0.717, 1.165) is 25.7 Å². The van der Waals surface area contributed by atoms with Crippen LogP contribution in [0.1, 0.15) is 45.1 Å². The number of aliphatic hydroxyl groups excluding tert-OH is 1. The van der Waals surface area contributed by atoms with E-state index >= 15 is 0 Å². The summed E-state index contributed by atoms with van der Waals surface area (Å²) in [7, 11) is 0. The van der Waals surface area contributed by atoms with Crippen molar-refractivity contribution in [1.82, 2.24) is 24.4 Å². The van der Waals surface area contributed by atoms with E-state index in [4.69, 9.17) is 4.98 Å². The number of benzene rings is 1. The lowest BCUT2D eigenvalue weighted by Crippen LogP contribution is -2.29. The molecule has 3 N–H and O–H groups in total. The lowest BCUT2D eigenvalue weighted by atomic mass is 9.93. The molecule has 34 heavy (non-hydrogen) atoms. The molecule has 5 rings (SSSR count). The molecule has 3 aromatic rings. The summed E-state index contributed by atoms with van der Waals surface area (Å²) in [6.45, 7) is 2.55. The van der Waals surface area contributed by atoms with Crippen molar-refractivity contribution in [2.75, 3.05) is 23.7 Å². The highest BCUT2D eigenvalue weighted by Gasteiger charge is 2.30. The number of hydrogen-bond acceptors (Lipinski definition) is 7. The Morgan fingerprint density at radius 2 is 1.85 bits per heavy atom. The standard InChI is InChI=1S/C23H27F2N7O2/c1-13(33)31-10-9-15(12-31)32-21-19(28-23(32)29-20-17(24)3-2-4-18(20)25)11-26-22(30-21)27-14-5-7-16(34)8-6-14/h2-4,11,14-16,34H,5-10,12H2,1H3,(H,28,29)(H,26,27,30)/t14-,15?,16-. The minimum absolute atomic E-state index is 0.0296. The lowest BCUT2D eigenvalue weighted by molar-refractivity contribution is -0.127. The van der Waals surface area contributed by atoms with Crippen LogP contribution < -0.4 is 10.6 Å². The van der Waals surface area contributed by atoms with E-state index in [1.54, 1.807) is 11.1 Å². The van der Waals surface area contributed by atoms with Gasteiger partial charge in [-0.2, -0.15) is 4.98 Å². The fourth-order valence-electron chi connectivity index (χ4n) is 4.76. The number of amides is 1. The van der Waals surface area contributed by atoms with Crippen LogP contribution in [0.3, 0.4) is 0 Å². The third-order valence-electron chi connectivity index (χ3n) is 6.64. The van der Waals surface area contributed by atoms with E-state index in [1.165, 1.54) is 25.1 Å². The van der Waals surface area contributed by atoms with Crippen LogP contribution in [-0.4, -0.2) is 60.7 Å². The number of fused-ring (bicyclic) bond motifs is 1. The summed E-state index contributed by atoms with van der Waals surface area (Å²) in [5.41, 5.74) is 0.695. The van der Waals surface area contributed by atoms with Crippen molar-refractivity contribution in [3.63, 3.8) is 0 Å². The van der Waals surface area contributed by atoms with Gasteiger partial charge in [0.15, 0.2) is 5.65 Å². The fraction of sp³-hybridized carbons (Fsp3) is 0.478. The molecule has 0 radical (unpaired) electrons. The molecule has 1 atom stereocenters. The number of halogens is 2. The number of aliphatic hydroxyl groups is 1. The second-order valence-electron chi connectivity index (χ2n) is 8.99. The highest BCUT2D eigenvalue weighted by atomic mass is 19.1. The van der Waals surface area contributed by atoms with Crippen LogP contribution in [0.25, 0.3) is 11.2 Å². The first-order valence-corrected chi connectivity index (χ1v) is 11.5. The molecule has 1 saturated carbocycles. The number of hydrogen-bond donors (Lipinski definition) is 3. The van der Waals surface area contributed by atoms with Gasteiger partial charge in [-0.05, 0) is 44.2 Å². The van der Waals surface area contributed by atoms with Crippen LogP contribution in [-0.2, 0) is 4.79 Å². The van der Waals surface area contributed by atoms with Crippen molar-refractivity contribution in [1.29, 1.82) is 0 Å². The zero-order chi connectivity index (χ0) is 23.8. The van der Waals surface area contributed by atoms with Crippen molar-refractivity contribution in [2.24, 2.45) is 0 Å². The first-order valence-electron chi connectivity index (χ1n) is 11.5. The lowest BCUT2D eigenvalue weighted by Gasteiger charge is -2.26. The maximum absolute atomic E-state index is 14.4. The molecule has 180 valence electrons. The Hall–Kier alpha value is -3.34. The van der Waals surface area contributed by atoms with Gasteiger partial charge in [-0.15, -0.1) is 0 Å². The minimum atomic E-state index is -0.733. The molecule has 1 saturated heterocycles. The van der Waals surface area contributed by atoms with Crippen LogP contribution in [0, 0.1) is 11.6 Å². The van der Waals surface area contributed by atoms with Gasteiger partial charge in [0.25, 0.3) is 0 Å². The highest BCUT2D eigenvalue weighted by Crippen LogP contribution is 2.33. The summed E-state index contributed by atoms with van der Waals surface area (Å²) in [5, 5.41) is 15.9. The van der Waals surface area contributed by atoms with Crippen molar-refractivity contribution in [2.45, 2.75) is 57.2 Å². The average molecular weight is 472 g/mol.